The van der Waals surface area contributed by atoms with Gasteiger partial charge >= 0.3 is 0 Å². The molecular weight excluding hydrogens is 248 g/mol. The fourth-order valence-electron chi connectivity index (χ4n) is 1.33. The molecule has 0 saturated carbocycles. The predicted octanol–water partition coefficient (Wildman–Crippen LogP) is 2.03. The zero-order valence-electron chi connectivity index (χ0n) is 9.74. The maximum absolute atomic E-state index is 8.56. The second-order valence-electron chi connectivity index (χ2n) is 3.59. The number of rotatable bonds is 3. The van der Waals surface area contributed by atoms with Crippen molar-refractivity contribution in [3.05, 3.63) is 47.8 Å². The average Bonchev–Trinajstić information content (AvgIpc) is 2.39. The molecule has 18 heavy (non-hydrogen) atoms. The third-order valence-electron chi connectivity index (χ3n) is 2.24. The standard InChI is InChI=1S/C12H12N4OS/c1-8-6-7-14-12(15-8)18-10-4-2-9(3-5-10)11(13)16-17/h2-7,17H,1H3,(H2,13,16). The molecule has 6 heteroatoms. The van der Waals surface area contributed by atoms with Crippen LogP contribution in [0.1, 0.15) is 11.3 Å². The Kier molecular flexibility index (Phi) is 3.78. The van der Waals surface area contributed by atoms with Crippen LogP contribution < -0.4 is 5.73 Å². The lowest BCUT2D eigenvalue weighted by Gasteiger charge is -2.02. The van der Waals surface area contributed by atoms with E-state index in [4.69, 9.17) is 10.9 Å². The molecule has 0 spiro atoms. The zero-order chi connectivity index (χ0) is 13.0. The largest absolute Gasteiger partial charge is 0.409 e. The molecule has 2 aromatic rings. The first-order valence-electron chi connectivity index (χ1n) is 5.24. The number of oxime groups is 1. The second-order valence-corrected chi connectivity index (χ2v) is 4.63. The Morgan fingerprint density at radius 3 is 2.61 bits per heavy atom. The molecule has 0 radical (unpaired) electrons. The second kappa shape index (κ2) is 5.50. The summed E-state index contributed by atoms with van der Waals surface area (Å²) < 4.78 is 0. The summed E-state index contributed by atoms with van der Waals surface area (Å²) in [4.78, 5) is 9.47. The molecule has 1 aromatic carbocycles. The zero-order valence-corrected chi connectivity index (χ0v) is 10.6. The van der Waals surface area contributed by atoms with Crippen LogP contribution in [0.2, 0.25) is 0 Å². The quantitative estimate of drug-likeness (QED) is 0.290. The van der Waals surface area contributed by atoms with Gasteiger partial charge in [-0.2, -0.15) is 0 Å². The van der Waals surface area contributed by atoms with Crippen LogP contribution in [0.3, 0.4) is 0 Å². The summed E-state index contributed by atoms with van der Waals surface area (Å²) in [5.41, 5.74) is 7.09. The van der Waals surface area contributed by atoms with Crippen molar-refractivity contribution in [1.82, 2.24) is 9.97 Å². The molecule has 0 amide bonds. The minimum absolute atomic E-state index is 0.0957. The molecule has 0 unspecified atom stereocenters. The van der Waals surface area contributed by atoms with Crippen molar-refractivity contribution in [3.63, 3.8) is 0 Å². The summed E-state index contributed by atoms with van der Waals surface area (Å²) >= 11 is 1.46. The number of hydrogen-bond donors (Lipinski definition) is 2. The minimum atomic E-state index is 0.0957. The molecule has 0 aliphatic carbocycles. The van der Waals surface area contributed by atoms with E-state index in [-0.39, 0.29) is 5.84 Å². The number of nitrogens with zero attached hydrogens (tertiary/aromatic N) is 3. The van der Waals surface area contributed by atoms with Gasteiger partial charge in [-0.1, -0.05) is 17.3 Å². The van der Waals surface area contributed by atoms with Crippen LogP contribution in [0.4, 0.5) is 0 Å². The summed E-state index contributed by atoms with van der Waals surface area (Å²) in [6.07, 6.45) is 1.73. The van der Waals surface area contributed by atoms with Crippen molar-refractivity contribution in [3.8, 4) is 0 Å². The number of benzene rings is 1. The lowest BCUT2D eigenvalue weighted by atomic mass is 10.2. The molecule has 0 fully saturated rings. The van der Waals surface area contributed by atoms with Crippen molar-refractivity contribution in [2.45, 2.75) is 17.0 Å². The monoisotopic (exact) mass is 260 g/mol. The van der Waals surface area contributed by atoms with Crippen molar-refractivity contribution in [2.75, 3.05) is 0 Å². The molecule has 3 N–H and O–H groups in total. The van der Waals surface area contributed by atoms with Crippen LogP contribution in [-0.2, 0) is 0 Å². The van der Waals surface area contributed by atoms with Gasteiger partial charge in [0.1, 0.15) is 0 Å². The van der Waals surface area contributed by atoms with Crippen LogP contribution >= 0.6 is 11.8 Å². The highest BCUT2D eigenvalue weighted by molar-refractivity contribution is 7.99. The normalized spacial score (nSPS) is 11.5. The summed E-state index contributed by atoms with van der Waals surface area (Å²) in [6, 6.07) is 9.18. The lowest BCUT2D eigenvalue weighted by Crippen LogP contribution is -2.12. The van der Waals surface area contributed by atoms with Gasteiger partial charge in [0.15, 0.2) is 11.0 Å². The van der Waals surface area contributed by atoms with E-state index in [1.54, 1.807) is 18.3 Å². The minimum Gasteiger partial charge on any atom is -0.409 e. The highest BCUT2D eigenvalue weighted by Crippen LogP contribution is 2.24. The Labute approximate surface area is 109 Å². The van der Waals surface area contributed by atoms with E-state index in [0.29, 0.717) is 10.7 Å². The van der Waals surface area contributed by atoms with E-state index in [1.807, 2.05) is 25.1 Å². The summed E-state index contributed by atoms with van der Waals surface area (Å²) in [5.74, 6) is 0.0957. The predicted molar refractivity (Wildman–Crippen MR) is 69.8 cm³/mol. The van der Waals surface area contributed by atoms with Crippen LogP contribution in [0.25, 0.3) is 0 Å². The topological polar surface area (TPSA) is 84.4 Å². The van der Waals surface area contributed by atoms with Gasteiger partial charge in [0, 0.05) is 22.3 Å². The van der Waals surface area contributed by atoms with Crippen LogP contribution in [0.15, 0.2) is 51.7 Å². The van der Waals surface area contributed by atoms with Gasteiger partial charge in [0.25, 0.3) is 0 Å². The molecule has 0 bridgehead atoms. The highest BCUT2D eigenvalue weighted by atomic mass is 32.2. The average molecular weight is 260 g/mol. The number of aromatic nitrogens is 2. The Hall–Kier alpha value is -2.08. The molecule has 92 valence electrons. The number of nitrogens with two attached hydrogens (primary N) is 1. The van der Waals surface area contributed by atoms with E-state index in [0.717, 1.165) is 10.6 Å². The van der Waals surface area contributed by atoms with E-state index in [9.17, 15) is 0 Å². The molecule has 0 aliphatic heterocycles. The van der Waals surface area contributed by atoms with Crippen molar-refractivity contribution in [1.29, 1.82) is 0 Å². The lowest BCUT2D eigenvalue weighted by molar-refractivity contribution is 0.318. The van der Waals surface area contributed by atoms with Crippen molar-refractivity contribution < 1.29 is 5.21 Å². The molecular formula is C12H12N4OS. The highest BCUT2D eigenvalue weighted by Gasteiger charge is 2.02. The number of amidine groups is 1. The Bertz CT molecular complexity index is 569. The fourth-order valence-corrected chi connectivity index (χ4v) is 2.12. The summed E-state index contributed by atoms with van der Waals surface area (Å²) in [7, 11) is 0. The van der Waals surface area contributed by atoms with E-state index in [1.165, 1.54) is 11.8 Å². The molecule has 0 saturated heterocycles. The van der Waals surface area contributed by atoms with Crippen LogP contribution in [0.5, 0.6) is 0 Å². The molecule has 5 nitrogen and oxygen atoms in total. The maximum Gasteiger partial charge on any atom is 0.192 e. The van der Waals surface area contributed by atoms with Gasteiger partial charge < -0.3 is 10.9 Å². The molecule has 0 atom stereocenters. The third kappa shape index (κ3) is 2.98. The van der Waals surface area contributed by atoms with E-state index >= 15 is 0 Å². The first-order valence-corrected chi connectivity index (χ1v) is 6.06. The van der Waals surface area contributed by atoms with Crippen molar-refractivity contribution >= 4 is 17.6 Å². The van der Waals surface area contributed by atoms with Gasteiger partial charge in [-0.25, -0.2) is 9.97 Å². The van der Waals surface area contributed by atoms with Crippen LogP contribution in [0, 0.1) is 6.92 Å². The third-order valence-corrected chi connectivity index (χ3v) is 3.13. The van der Waals surface area contributed by atoms with Gasteiger partial charge in [-0.05, 0) is 36.9 Å². The first-order chi connectivity index (χ1) is 8.69. The number of aryl methyl sites for hydroxylation is 1. The molecule has 1 heterocycles. The summed E-state index contributed by atoms with van der Waals surface area (Å²) in [6.45, 7) is 1.92. The SMILES string of the molecule is Cc1ccnc(Sc2ccc(C(N)=NO)cc2)n1. The van der Waals surface area contributed by atoms with Crippen LogP contribution in [-0.4, -0.2) is 21.0 Å². The van der Waals surface area contributed by atoms with E-state index < -0.39 is 0 Å². The maximum atomic E-state index is 8.56. The Morgan fingerprint density at radius 1 is 1.28 bits per heavy atom. The van der Waals surface area contributed by atoms with Gasteiger partial charge in [-0.3, -0.25) is 0 Å². The van der Waals surface area contributed by atoms with Crippen molar-refractivity contribution in [2.24, 2.45) is 10.9 Å². The smallest absolute Gasteiger partial charge is 0.192 e. The Morgan fingerprint density at radius 2 is 2.00 bits per heavy atom. The molecule has 0 aliphatic rings. The van der Waals surface area contributed by atoms with E-state index in [2.05, 4.69) is 15.1 Å². The molecule has 1 aromatic heterocycles. The first kappa shape index (κ1) is 12.4. The fraction of sp³-hybridized carbons (Fsp3) is 0.0833. The molecule has 2 rings (SSSR count). The van der Waals surface area contributed by atoms with Gasteiger partial charge in [0.05, 0.1) is 0 Å². The number of hydrogen-bond acceptors (Lipinski definition) is 5. The summed E-state index contributed by atoms with van der Waals surface area (Å²) in [5, 5.41) is 12.2. The van der Waals surface area contributed by atoms with Gasteiger partial charge in [0.2, 0.25) is 0 Å². The van der Waals surface area contributed by atoms with Gasteiger partial charge in [-0.15, -0.1) is 0 Å². The Balaban J connectivity index is 2.16.